The number of furan rings is 1. The summed E-state index contributed by atoms with van der Waals surface area (Å²) >= 11 is 0. The van der Waals surface area contributed by atoms with E-state index in [1.807, 2.05) is 38.1 Å². The Hall–Kier alpha value is -1.54. The Bertz CT molecular complexity index is 538. The van der Waals surface area contributed by atoms with Crippen molar-refractivity contribution in [3.63, 3.8) is 0 Å². The third-order valence-electron chi connectivity index (χ3n) is 3.22. The Labute approximate surface area is 102 Å². The molecule has 0 aliphatic carbocycles. The summed E-state index contributed by atoms with van der Waals surface area (Å²) in [5.41, 5.74) is 4.20. The van der Waals surface area contributed by atoms with E-state index >= 15 is 0 Å². The van der Waals surface area contributed by atoms with E-state index in [2.05, 4.69) is 13.8 Å². The maximum absolute atomic E-state index is 10.3. The molecule has 0 spiro atoms. The molecule has 2 rings (SSSR count). The molecule has 90 valence electrons. The van der Waals surface area contributed by atoms with Gasteiger partial charge in [0.05, 0.1) is 0 Å². The van der Waals surface area contributed by atoms with Crippen LogP contribution in [0.4, 0.5) is 0 Å². The second-order valence-corrected chi connectivity index (χ2v) is 4.61. The summed E-state index contributed by atoms with van der Waals surface area (Å²) in [4.78, 5) is 0. The molecule has 1 atom stereocenters. The molecule has 1 unspecified atom stereocenters. The van der Waals surface area contributed by atoms with Crippen LogP contribution in [-0.4, -0.2) is 5.11 Å². The molecule has 2 heteroatoms. The molecular weight excluding hydrogens is 212 g/mol. The topological polar surface area (TPSA) is 33.4 Å². The van der Waals surface area contributed by atoms with Crippen LogP contribution < -0.4 is 0 Å². The van der Waals surface area contributed by atoms with Gasteiger partial charge in [0.25, 0.3) is 0 Å². The van der Waals surface area contributed by atoms with Crippen LogP contribution >= 0.6 is 0 Å². The van der Waals surface area contributed by atoms with Crippen LogP contribution in [0.25, 0.3) is 0 Å². The zero-order valence-corrected chi connectivity index (χ0v) is 10.7. The van der Waals surface area contributed by atoms with Gasteiger partial charge in [-0.05, 0) is 50.5 Å². The molecule has 17 heavy (non-hydrogen) atoms. The fourth-order valence-corrected chi connectivity index (χ4v) is 2.04. The average molecular weight is 230 g/mol. The van der Waals surface area contributed by atoms with Crippen molar-refractivity contribution in [2.24, 2.45) is 0 Å². The van der Waals surface area contributed by atoms with Gasteiger partial charge in [0.15, 0.2) is 0 Å². The van der Waals surface area contributed by atoms with Crippen LogP contribution in [0.5, 0.6) is 0 Å². The minimum atomic E-state index is -0.605. The Morgan fingerprint density at radius 2 is 1.71 bits per heavy atom. The Morgan fingerprint density at radius 3 is 2.24 bits per heavy atom. The maximum atomic E-state index is 10.3. The summed E-state index contributed by atoms with van der Waals surface area (Å²) in [5.74, 6) is 1.62. The highest BCUT2D eigenvalue weighted by Crippen LogP contribution is 2.28. The van der Waals surface area contributed by atoms with E-state index in [0.717, 1.165) is 22.6 Å². The average Bonchev–Trinajstić information content (AvgIpc) is 2.61. The maximum Gasteiger partial charge on any atom is 0.107 e. The van der Waals surface area contributed by atoms with Crippen LogP contribution in [0.2, 0.25) is 0 Å². The van der Waals surface area contributed by atoms with Crippen molar-refractivity contribution in [1.29, 1.82) is 0 Å². The first kappa shape index (κ1) is 11.9. The van der Waals surface area contributed by atoms with Gasteiger partial charge in [0.2, 0.25) is 0 Å². The van der Waals surface area contributed by atoms with Gasteiger partial charge in [-0.3, -0.25) is 0 Å². The first-order chi connectivity index (χ1) is 7.99. The van der Waals surface area contributed by atoms with Crippen molar-refractivity contribution in [2.75, 3.05) is 0 Å². The second kappa shape index (κ2) is 4.38. The molecule has 0 saturated carbocycles. The summed E-state index contributed by atoms with van der Waals surface area (Å²) in [6, 6.07) is 7.93. The minimum Gasteiger partial charge on any atom is -0.466 e. The molecule has 0 aliphatic heterocycles. The number of rotatable bonds is 2. The smallest absolute Gasteiger partial charge is 0.107 e. The van der Waals surface area contributed by atoms with Gasteiger partial charge in [-0.15, -0.1) is 0 Å². The van der Waals surface area contributed by atoms with E-state index in [-0.39, 0.29) is 0 Å². The molecule has 2 nitrogen and oxygen atoms in total. The van der Waals surface area contributed by atoms with Crippen LogP contribution in [0.3, 0.4) is 0 Å². The number of benzene rings is 1. The molecule has 1 heterocycles. The van der Waals surface area contributed by atoms with E-state index in [4.69, 9.17) is 4.42 Å². The van der Waals surface area contributed by atoms with Crippen molar-refractivity contribution in [3.8, 4) is 0 Å². The number of aliphatic hydroxyl groups excluding tert-OH is 1. The van der Waals surface area contributed by atoms with Crippen molar-refractivity contribution in [3.05, 3.63) is 58.0 Å². The van der Waals surface area contributed by atoms with Crippen LogP contribution in [-0.2, 0) is 0 Å². The summed E-state index contributed by atoms with van der Waals surface area (Å²) in [6.07, 6.45) is -0.605. The summed E-state index contributed by atoms with van der Waals surface area (Å²) < 4.78 is 5.45. The largest absolute Gasteiger partial charge is 0.466 e. The number of hydrogen-bond acceptors (Lipinski definition) is 2. The molecule has 0 radical (unpaired) electrons. The lowest BCUT2D eigenvalue weighted by Gasteiger charge is -2.12. The third kappa shape index (κ3) is 2.27. The van der Waals surface area contributed by atoms with Crippen LogP contribution in [0, 0.1) is 27.7 Å². The number of hydrogen-bond donors (Lipinski definition) is 1. The molecule has 1 aromatic carbocycles. The van der Waals surface area contributed by atoms with Gasteiger partial charge in [-0.1, -0.05) is 18.2 Å². The summed E-state index contributed by atoms with van der Waals surface area (Å²) in [7, 11) is 0. The molecular formula is C15H18O2. The first-order valence-corrected chi connectivity index (χ1v) is 5.81. The van der Waals surface area contributed by atoms with Crippen molar-refractivity contribution >= 4 is 0 Å². The van der Waals surface area contributed by atoms with Gasteiger partial charge < -0.3 is 9.52 Å². The highest BCUT2D eigenvalue weighted by molar-refractivity contribution is 5.37. The van der Waals surface area contributed by atoms with Crippen molar-refractivity contribution in [2.45, 2.75) is 33.8 Å². The summed E-state index contributed by atoms with van der Waals surface area (Å²) in [6.45, 7) is 7.90. The van der Waals surface area contributed by atoms with Crippen LogP contribution in [0.15, 0.2) is 28.7 Å². The quantitative estimate of drug-likeness (QED) is 0.855. The Kier molecular flexibility index (Phi) is 3.07. The highest BCUT2D eigenvalue weighted by Gasteiger charge is 2.16. The minimum absolute atomic E-state index is 0.605. The molecule has 0 saturated heterocycles. The molecule has 0 amide bonds. The van der Waals surface area contributed by atoms with E-state index in [1.54, 1.807) is 0 Å². The van der Waals surface area contributed by atoms with E-state index in [0.29, 0.717) is 0 Å². The van der Waals surface area contributed by atoms with E-state index in [1.165, 1.54) is 11.1 Å². The number of aliphatic hydroxyl groups is 1. The lowest BCUT2D eigenvalue weighted by molar-refractivity contribution is 0.218. The predicted molar refractivity (Wildman–Crippen MR) is 68.2 cm³/mol. The van der Waals surface area contributed by atoms with Gasteiger partial charge in [0.1, 0.15) is 17.6 Å². The molecule has 0 bridgehead atoms. The highest BCUT2D eigenvalue weighted by atomic mass is 16.3. The zero-order chi connectivity index (χ0) is 12.6. The fourth-order valence-electron chi connectivity index (χ4n) is 2.04. The van der Waals surface area contributed by atoms with Gasteiger partial charge in [-0.2, -0.15) is 0 Å². The van der Waals surface area contributed by atoms with E-state index in [9.17, 15) is 5.11 Å². The predicted octanol–water partition coefficient (Wildman–Crippen LogP) is 3.59. The SMILES string of the molecule is Cc1cc(C(O)c2ccc(C)c(C)c2)c(C)o1. The zero-order valence-electron chi connectivity index (χ0n) is 10.7. The second-order valence-electron chi connectivity index (χ2n) is 4.61. The lowest BCUT2D eigenvalue weighted by atomic mass is 9.98. The van der Waals surface area contributed by atoms with Gasteiger partial charge in [-0.25, -0.2) is 0 Å². The summed E-state index contributed by atoms with van der Waals surface area (Å²) in [5, 5.41) is 10.3. The molecule has 0 aliphatic rings. The van der Waals surface area contributed by atoms with Gasteiger partial charge in [0, 0.05) is 5.56 Å². The van der Waals surface area contributed by atoms with Crippen molar-refractivity contribution in [1.82, 2.24) is 0 Å². The molecule has 1 N–H and O–H groups in total. The van der Waals surface area contributed by atoms with Crippen LogP contribution in [0.1, 0.15) is 39.9 Å². The fraction of sp³-hybridized carbons (Fsp3) is 0.333. The normalized spacial score (nSPS) is 12.8. The monoisotopic (exact) mass is 230 g/mol. The Balaban J connectivity index is 2.40. The Morgan fingerprint density at radius 1 is 1.00 bits per heavy atom. The number of aryl methyl sites for hydroxylation is 4. The molecule has 2 aromatic rings. The first-order valence-electron chi connectivity index (χ1n) is 5.81. The lowest BCUT2D eigenvalue weighted by Crippen LogP contribution is -2.00. The standard InChI is InChI=1S/C15H18O2/c1-9-5-6-13(7-10(9)2)15(16)14-8-11(3)17-12(14)4/h5-8,15-16H,1-4H3. The molecule has 0 fully saturated rings. The molecule has 1 aromatic heterocycles. The van der Waals surface area contributed by atoms with E-state index < -0.39 is 6.10 Å². The van der Waals surface area contributed by atoms with Crippen molar-refractivity contribution < 1.29 is 9.52 Å². The third-order valence-corrected chi connectivity index (χ3v) is 3.22. The van der Waals surface area contributed by atoms with Gasteiger partial charge >= 0.3 is 0 Å².